The maximum atomic E-state index is 13.3. The van der Waals surface area contributed by atoms with Gasteiger partial charge in [0.25, 0.3) is 0 Å². The first-order chi connectivity index (χ1) is 13.3. The molecule has 4 rings (SSSR count). The fourth-order valence-corrected chi connectivity index (χ4v) is 3.98. The number of hydrogen-bond acceptors (Lipinski definition) is 4. The molecule has 150 valence electrons. The zero-order valence-corrected chi connectivity index (χ0v) is 15.4. The first-order valence-corrected chi connectivity index (χ1v) is 9.30. The first-order valence-electron chi connectivity index (χ1n) is 9.30. The van der Waals surface area contributed by atoms with Crippen molar-refractivity contribution in [2.45, 2.75) is 49.7 Å². The summed E-state index contributed by atoms with van der Waals surface area (Å²) in [5, 5.41) is 6.84. The summed E-state index contributed by atoms with van der Waals surface area (Å²) in [5.41, 5.74) is -0.617. The van der Waals surface area contributed by atoms with E-state index in [1.807, 2.05) is 0 Å². The van der Waals surface area contributed by atoms with Crippen molar-refractivity contribution in [3.8, 4) is 0 Å². The minimum Gasteiger partial charge on any atom is -0.381 e. The van der Waals surface area contributed by atoms with Gasteiger partial charge in [0.2, 0.25) is 5.91 Å². The van der Waals surface area contributed by atoms with Gasteiger partial charge in [-0.1, -0.05) is 23.4 Å². The average molecular weight is 394 g/mol. The molecule has 0 spiro atoms. The zero-order valence-electron chi connectivity index (χ0n) is 15.4. The summed E-state index contributed by atoms with van der Waals surface area (Å²) in [7, 11) is 0. The normalized spacial score (nSPS) is 24.0. The van der Waals surface area contributed by atoms with Gasteiger partial charge in [0, 0.05) is 31.2 Å². The van der Waals surface area contributed by atoms with Gasteiger partial charge in [-0.25, -0.2) is 0 Å². The van der Waals surface area contributed by atoms with Crippen LogP contribution in [0.4, 0.5) is 13.2 Å². The summed E-state index contributed by atoms with van der Waals surface area (Å²) >= 11 is 0. The third-order valence-corrected chi connectivity index (χ3v) is 5.65. The van der Waals surface area contributed by atoms with Gasteiger partial charge in [0.05, 0.1) is 11.3 Å². The molecular weight excluding hydrogens is 373 g/mol. The van der Waals surface area contributed by atoms with Crippen LogP contribution in [0.3, 0.4) is 0 Å². The number of alkyl halides is 3. The highest BCUT2D eigenvalue weighted by Crippen LogP contribution is 2.47. The van der Waals surface area contributed by atoms with E-state index in [0.29, 0.717) is 43.9 Å². The summed E-state index contributed by atoms with van der Waals surface area (Å²) in [4.78, 5) is 13.2. The lowest BCUT2D eigenvalue weighted by Gasteiger charge is -2.33. The highest BCUT2D eigenvalue weighted by molar-refractivity contribution is 5.88. The predicted octanol–water partition coefficient (Wildman–Crippen LogP) is 3.72. The van der Waals surface area contributed by atoms with Gasteiger partial charge in [-0.3, -0.25) is 4.79 Å². The molecule has 28 heavy (non-hydrogen) atoms. The molecule has 2 aromatic rings. The number of carbonyl (C=O) groups is 1. The molecule has 2 unspecified atom stereocenters. The molecule has 2 heterocycles. The van der Waals surface area contributed by atoms with Gasteiger partial charge in [0.1, 0.15) is 5.41 Å². The minimum atomic E-state index is -4.41. The first kappa shape index (κ1) is 19.0. The second kappa shape index (κ2) is 6.92. The number of carbonyl (C=O) groups excluding carboxylic acids is 1. The third-order valence-electron chi connectivity index (χ3n) is 5.65. The Morgan fingerprint density at radius 3 is 2.61 bits per heavy atom. The van der Waals surface area contributed by atoms with Crippen LogP contribution in [0.25, 0.3) is 0 Å². The summed E-state index contributed by atoms with van der Waals surface area (Å²) in [6.07, 6.45) is -3.03. The minimum absolute atomic E-state index is 0.232. The van der Waals surface area contributed by atoms with Crippen molar-refractivity contribution >= 4 is 5.91 Å². The van der Waals surface area contributed by atoms with Crippen LogP contribution in [0.1, 0.15) is 47.8 Å². The molecule has 1 amide bonds. The molecule has 1 aliphatic heterocycles. The van der Waals surface area contributed by atoms with Gasteiger partial charge >= 0.3 is 6.18 Å². The van der Waals surface area contributed by atoms with Crippen LogP contribution in [0.15, 0.2) is 34.9 Å². The fourth-order valence-electron chi connectivity index (χ4n) is 3.98. The van der Waals surface area contributed by atoms with Crippen molar-refractivity contribution in [2.24, 2.45) is 0 Å². The Kier molecular flexibility index (Phi) is 4.69. The van der Waals surface area contributed by atoms with Crippen molar-refractivity contribution in [3.05, 3.63) is 52.9 Å². The molecule has 1 N–H and O–H groups in total. The largest absolute Gasteiger partial charge is 0.416 e. The second-order valence-corrected chi connectivity index (χ2v) is 7.53. The molecule has 2 fully saturated rings. The number of aromatic nitrogens is 1. The predicted molar refractivity (Wildman–Crippen MR) is 93.7 cm³/mol. The van der Waals surface area contributed by atoms with Crippen LogP contribution in [0.2, 0.25) is 0 Å². The molecule has 2 aliphatic rings. The van der Waals surface area contributed by atoms with E-state index in [2.05, 4.69) is 10.5 Å². The number of aryl methyl sites for hydroxylation is 1. The van der Waals surface area contributed by atoms with Crippen LogP contribution in [-0.2, 0) is 21.1 Å². The third kappa shape index (κ3) is 3.41. The Balaban J connectivity index is 1.53. The smallest absolute Gasteiger partial charge is 0.381 e. The number of benzene rings is 1. The van der Waals surface area contributed by atoms with E-state index in [-0.39, 0.29) is 23.4 Å². The SMILES string of the molecule is Cc1cc(C2(C(=O)NC3CC3c3ccccc3C(F)(F)F)CCOCC2)on1. The van der Waals surface area contributed by atoms with Crippen molar-refractivity contribution in [3.63, 3.8) is 0 Å². The fraction of sp³-hybridized carbons (Fsp3) is 0.500. The lowest BCUT2D eigenvalue weighted by molar-refractivity contribution is -0.138. The maximum Gasteiger partial charge on any atom is 0.416 e. The van der Waals surface area contributed by atoms with Crippen LogP contribution in [-0.4, -0.2) is 30.3 Å². The molecule has 2 atom stereocenters. The van der Waals surface area contributed by atoms with Crippen LogP contribution >= 0.6 is 0 Å². The monoisotopic (exact) mass is 394 g/mol. The van der Waals surface area contributed by atoms with E-state index >= 15 is 0 Å². The second-order valence-electron chi connectivity index (χ2n) is 7.53. The van der Waals surface area contributed by atoms with Gasteiger partial charge in [-0.05, 0) is 37.8 Å². The molecule has 5 nitrogen and oxygen atoms in total. The standard InChI is InChI=1S/C20H21F3N2O3/c1-12-10-17(28-25-12)19(6-8-27-9-7-19)18(26)24-16-11-14(16)13-4-2-3-5-15(13)20(21,22)23/h2-5,10,14,16H,6-9,11H2,1H3,(H,24,26). The lowest BCUT2D eigenvalue weighted by atomic mass is 9.77. The maximum absolute atomic E-state index is 13.3. The molecule has 8 heteroatoms. The molecular formula is C20H21F3N2O3. The van der Waals surface area contributed by atoms with Gasteiger partial charge in [-0.2, -0.15) is 13.2 Å². The quantitative estimate of drug-likeness (QED) is 0.859. The Hall–Kier alpha value is -2.35. The summed E-state index contributed by atoms with van der Waals surface area (Å²) in [6, 6.07) is 6.98. The van der Waals surface area contributed by atoms with Crippen LogP contribution in [0.5, 0.6) is 0 Å². The number of hydrogen-bond donors (Lipinski definition) is 1. The Morgan fingerprint density at radius 2 is 1.96 bits per heavy atom. The van der Waals surface area contributed by atoms with Crippen LogP contribution < -0.4 is 5.32 Å². The lowest BCUT2D eigenvalue weighted by Crippen LogP contribution is -2.48. The topological polar surface area (TPSA) is 64.4 Å². The van der Waals surface area contributed by atoms with E-state index in [0.717, 1.165) is 6.07 Å². The number of nitrogens with zero attached hydrogens (tertiary/aromatic N) is 1. The Bertz CT molecular complexity index is 872. The molecule has 1 aliphatic carbocycles. The molecule has 1 saturated heterocycles. The van der Waals surface area contributed by atoms with E-state index < -0.39 is 17.2 Å². The van der Waals surface area contributed by atoms with Crippen molar-refractivity contribution in [2.75, 3.05) is 13.2 Å². The van der Waals surface area contributed by atoms with E-state index in [9.17, 15) is 18.0 Å². The van der Waals surface area contributed by atoms with Crippen molar-refractivity contribution in [1.82, 2.24) is 10.5 Å². The number of halogens is 3. The van der Waals surface area contributed by atoms with E-state index in [1.54, 1.807) is 19.1 Å². The molecule has 0 radical (unpaired) electrons. The number of nitrogens with one attached hydrogen (secondary N) is 1. The summed E-state index contributed by atoms with van der Waals surface area (Å²) < 4.78 is 50.6. The molecule has 1 aromatic heterocycles. The number of ether oxygens (including phenoxy) is 1. The van der Waals surface area contributed by atoms with E-state index in [4.69, 9.17) is 9.26 Å². The molecule has 0 bridgehead atoms. The molecule has 1 aromatic carbocycles. The summed E-state index contributed by atoms with van der Waals surface area (Å²) in [6.45, 7) is 2.61. The van der Waals surface area contributed by atoms with E-state index in [1.165, 1.54) is 12.1 Å². The average Bonchev–Trinajstić information content (AvgIpc) is 3.30. The Morgan fingerprint density at radius 1 is 1.25 bits per heavy atom. The Labute approximate surface area is 160 Å². The van der Waals surface area contributed by atoms with Crippen molar-refractivity contribution < 1.29 is 27.2 Å². The van der Waals surface area contributed by atoms with Crippen molar-refractivity contribution in [1.29, 1.82) is 0 Å². The number of amides is 1. The highest BCUT2D eigenvalue weighted by Gasteiger charge is 2.50. The number of rotatable bonds is 4. The van der Waals surface area contributed by atoms with Crippen LogP contribution in [0, 0.1) is 6.92 Å². The molecule has 1 saturated carbocycles. The van der Waals surface area contributed by atoms with Gasteiger partial charge in [-0.15, -0.1) is 0 Å². The highest BCUT2D eigenvalue weighted by atomic mass is 19.4. The van der Waals surface area contributed by atoms with Gasteiger partial charge < -0.3 is 14.6 Å². The van der Waals surface area contributed by atoms with Gasteiger partial charge in [0.15, 0.2) is 5.76 Å². The summed E-state index contributed by atoms with van der Waals surface area (Å²) in [5.74, 6) is -0.0854. The zero-order chi connectivity index (χ0) is 19.9.